The molecule has 16 heavy (non-hydrogen) atoms. The van der Waals surface area contributed by atoms with Gasteiger partial charge in [0.1, 0.15) is 0 Å². The standard InChI is InChI=1S/C11H11BrClN3/c1-6-4-9(12)11(14-5-6)16-8(3)10(13)7(2)15-16/h4-5H,1-3H3. The highest BCUT2D eigenvalue weighted by Gasteiger charge is 2.13. The van der Waals surface area contributed by atoms with Gasteiger partial charge in [-0.3, -0.25) is 0 Å². The maximum atomic E-state index is 6.11. The molecule has 84 valence electrons. The minimum Gasteiger partial charge on any atom is -0.236 e. The topological polar surface area (TPSA) is 30.7 Å². The Hall–Kier alpha value is -0.870. The predicted molar refractivity (Wildman–Crippen MR) is 68.3 cm³/mol. The van der Waals surface area contributed by atoms with Gasteiger partial charge in [0.15, 0.2) is 5.82 Å². The SMILES string of the molecule is Cc1cnc(-n2nc(C)c(Cl)c2C)c(Br)c1. The van der Waals surface area contributed by atoms with Crippen molar-refractivity contribution in [2.24, 2.45) is 0 Å². The van der Waals surface area contributed by atoms with Crippen molar-refractivity contribution in [3.63, 3.8) is 0 Å². The third kappa shape index (κ3) is 1.87. The number of aromatic nitrogens is 3. The quantitative estimate of drug-likeness (QED) is 0.805. The second-order valence-corrected chi connectivity index (χ2v) is 4.95. The molecule has 0 aliphatic carbocycles. The lowest BCUT2D eigenvalue weighted by Crippen LogP contribution is -2.03. The van der Waals surface area contributed by atoms with E-state index in [1.54, 1.807) is 4.68 Å². The molecular formula is C11H11BrClN3. The number of nitrogens with zero attached hydrogens (tertiary/aromatic N) is 3. The number of halogens is 2. The summed E-state index contributed by atoms with van der Waals surface area (Å²) in [5, 5.41) is 5.05. The highest BCUT2D eigenvalue weighted by molar-refractivity contribution is 9.10. The molecule has 5 heteroatoms. The first-order valence-corrected chi connectivity index (χ1v) is 6.02. The molecule has 2 heterocycles. The highest BCUT2D eigenvalue weighted by Crippen LogP contribution is 2.25. The van der Waals surface area contributed by atoms with E-state index in [1.807, 2.05) is 33.0 Å². The second kappa shape index (κ2) is 4.18. The van der Waals surface area contributed by atoms with Gasteiger partial charge in [0, 0.05) is 6.20 Å². The average molecular weight is 301 g/mol. The van der Waals surface area contributed by atoms with Crippen LogP contribution in [0.4, 0.5) is 0 Å². The van der Waals surface area contributed by atoms with E-state index in [9.17, 15) is 0 Å². The maximum Gasteiger partial charge on any atom is 0.167 e. The number of rotatable bonds is 1. The predicted octanol–water partition coefficient (Wildman–Crippen LogP) is 3.61. The van der Waals surface area contributed by atoms with E-state index in [0.717, 1.165) is 27.2 Å². The molecule has 2 aromatic rings. The van der Waals surface area contributed by atoms with E-state index in [0.29, 0.717) is 5.02 Å². The normalized spacial score (nSPS) is 10.8. The van der Waals surface area contributed by atoms with E-state index in [4.69, 9.17) is 11.6 Å². The molecular weight excluding hydrogens is 289 g/mol. The van der Waals surface area contributed by atoms with Crippen molar-refractivity contribution in [3.05, 3.63) is 38.7 Å². The molecule has 0 atom stereocenters. The van der Waals surface area contributed by atoms with Gasteiger partial charge in [-0.2, -0.15) is 5.10 Å². The second-order valence-electron chi connectivity index (χ2n) is 3.71. The van der Waals surface area contributed by atoms with Crippen LogP contribution in [0.25, 0.3) is 5.82 Å². The van der Waals surface area contributed by atoms with Gasteiger partial charge in [0.2, 0.25) is 0 Å². The minimum atomic E-state index is 0.689. The Bertz CT molecular complexity index is 548. The molecule has 0 fully saturated rings. The van der Waals surface area contributed by atoms with Gasteiger partial charge in [0.25, 0.3) is 0 Å². The van der Waals surface area contributed by atoms with Crippen molar-refractivity contribution in [3.8, 4) is 5.82 Å². The number of hydrogen-bond donors (Lipinski definition) is 0. The van der Waals surface area contributed by atoms with Crippen LogP contribution in [0.15, 0.2) is 16.7 Å². The van der Waals surface area contributed by atoms with Crippen LogP contribution in [0.3, 0.4) is 0 Å². The molecule has 3 nitrogen and oxygen atoms in total. The summed E-state index contributed by atoms with van der Waals surface area (Å²) in [7, 11) is 0. The van der Waals surface area contributed by atoms with E-state index in [1.165, 1.54) is 0 Å². The van der Waals surface area contributed by atoms with E-state index >= 15 is 0 Å². The van der Waals surface area contributed by atoms with Crippen LogP contribution in [-0.4, -0.2) is 14.8 Å². The zero-order valence-electron chi connectivity index (χ0n) is 9.25. The molecule has 0 bridgehead atoms. The molecule has 0 aliphatic heterocycles. The Kier molecular flexibility index (Phi) is 3.04. The number of aryl methyl sites for hydroxylation is 2. The third-order valence-corrected chi connectivity index (χ3v) is 3.49. The van der Waals surface area contributed by atoms with Crippen molar-refractivity contribution in [2.75, 3.05) is 0 Å². The molecule has 0 aromatic carbocycles. The van der Waals surface area contributed by atoms with Gasteiger partial charge in [-0.25, -0.2) is 9.67 Å². The van der Waals surface area contributed by atoms with Gasteiger partial charge >= 0.3 is 0 Å². The van der Waals surface area contributed by atoms with Crippen LogP contribution in [-0.2, 0) is 0 Å². The molecule has 0 radical (unpaired) electrons. The van der Waals surface area contributed by atoms with Crippen molar-refractivity contribution in [1.82, 2.24) is 14.8 Å². The molecule has 0 saturated carbocycles. The molecule has 0 saturated heterocycles. The lowest BCUT2D eigenvalue weighted by Gasteiger charge is -2.06. The minimum absolute atomic E-state index is 0.689. The van der Waals surface area contributed by atoms with Crippen molar-refractivity contribution < 1.29 is 0 Å². The Balaban J connectivity index is 2.63. The third-order valence-electron chi connectivity index (χ3n) is 2.36. The smallest absolute Gasteiger partial charge is 0.167 e. The summed E-state index contributed by atoms with van der Waals surface area (Å²) >= 11 is 9.59. The molecule has 0 N–H and O–H groups in total. The van der Waals surface area contributed by atoms with E-state index < -0.39 is 0 Å². The lowest BCUT2D eigenvalue weighted by atomic mass is 10.3. The van der Waals surface area contributed by atoms with E-state index in [-0.39, 0.29) is 0 Å². The summed E-state index contributed by atoms with van der Waals surface area (Å²) in [5.74, 6) is 0.762. The van der Waals surface area contributed by atoms with Crippen LogP contribution in [0.1, 0.15) is 17.0 Å². The summed E-state index contributed by atoms with van der Waals surface area (Å²) in [6.07, 6.45) is 1.81. The summed E-state index contributed by atoms with van der Waals surface area (Å²) in [6.45, 7) is 5.81. The fourth-order valence-corrected chi connectivity index (χ4v) is 2.26. The van der Waals surface area contributed by atoms with Gasteiger partial charge in [-0.1, -0.05) is 11.6 Å². The Morgan fingerprint density at radius 2 is 2.00 bits per heavy atom. The average Bonchev–Trinajstić information content (AvgIpc) is 2.46. The first-order chi connectivity index (χ1) is 7.50. The summed E-state index contributed by atoms with van der Waals surface area (Å²) in [6, 6.07) is 2.01. The zero-order chi connectivity index (χ0) is 11.9. The fourth-order valence-electron chi connectivity index (χ4n) is 1.51. The van der Waals surface area contributed by atoms with Crippen LogP contribution >= 0.6 is 27.5 Å². The highest BCUT2D eigenvalue weighted by atomic mass is 79.9. The van der Waals surface area contributed by atoms with Crippen molar-refractivity contribution >= 4 is 27.5 Å². The molecule has 0 aliphatic rings. The molecule has 0 spiro atoms. The first-order valence-electron chi connectivity index (χ1n) is 4.85. The summed E-state index contributed by atoms with van der Waals surface area (Å²) < 4.78 is 2.66. The Labute approximate surface area is 108 Å². The monoisotopic (exact) mass is 299 g/mol. The maximum absolute atomic E-state index is 6.11. The van der Waals surface area contributed by atoms with Gasteiger partial charge in [0.05, 0.1) is 20.9 Å². The number of hydrogen-bond acceptors (Lipinski definition) is 2. The van der Waals surface area contributed by atoms with Crippen LogP contribution in [0.2, 0.25) is 5.02 Å². The van der Waals surface area contributed by atoms with Gasteiger partial charge in [-0.05, 0) is 48.3 Å². The van der Waals surface area contributed by atoms with Gasteiger partial charge < -0.3 is 0 Å². The van der Waals surface area contributed by atoms with E-state index in [2.05, 4.69) is 26.0 Å². The molecule has 0 unspecified atom stereocenters. The van der Waals surface area contributed by atoms with Crippen LogP contribution in [0, 0.1) is 20.8 Å². The van der Waals surface area contributed by atoms with Crippen LogP contribution < -0.4 is 0 Å². The Morgan fingerprint density at radius 3 is 2.50 bits per heavy atom. The lowest BCUT2D eigenvalue weighted by molar-refractivity contribution is 0.800. The largest absolute Gasteiger partial charge is 0.236 e. The summed E-state index contributed by atoms with van der Waals surface area (Å²) in [5.41, 5.74) is 2.81. The van der Waals surface area contributed by atoms with Crippen molar-refractivity contribution in [1.29, 1.82) is 0 Å². The van der Waals surface area contributed by atoms with Crippen LogP contribution in [0.5, 0.6) is 0 Å². The molecule has 2 rings (SSSR count). The fraction of sp³-hybridized carbons (Fsp3) is 0.273. The van der Waals surface area contributed by atoms with Crippen molar-refractivity contribution in [2.45, 2.75) is 20.8 Å². The van der Waals surface area contributed by atoms with Gasteiger partial charge in [-0.15, -0.1) is 0 Å². The molecule has 2 aromatic heterocycles. The zero-order valence-corrected chi connectivity index (χ0v) is 11.6. The number of pyridine rings is 1. The summed E-state index contributed by atoms with van der Waals surface area (Å²) in [4.78, 5) is 4.36. The first kappa shape index (κ1) is 11.6. The molecule has 0 amide bonds. The Morgan fingerprint density at radius 1 is 1.31 bits per heavy atom.